The summed E-state index contributed by atoms with van der Waals surface area (Å²) in [4.78, 5) is 37.6. The molecule has 1 N–H and O–H groups in total. The van der Waals surface area contributed by atoms with Crippen LogP contribution in [-0.4, -0.2) is 47.8 Å². The van der Waals surface area contributed by atoms with Gasteiger partial charge in [0.1, 0.15) is 6.17 Å². The second kappa shape index (κ2) is 7.51. The third-order valence-corrected chi connectivity index (χ3v) is 9.07. The van der Waals surface area contributed by atoms with Gasteiger partial charge < -0.3 is 14.6 Å². The lowest BCUT2D eigenvalue weighted by molar-refractivity contribution is -0.217. The topological polar surface area (TPSA) is 89.9 Å². The summed E-state index contributed by atoms with van der Waals surface area (Å²) in [5.41, 5.74) is -2.79. The fraction of sp³-hybridized carbons (Fsp3) is 0.720. The molecule has 6 nitrogen and oxygen atoms in total. The number of rotatable bonds is 3. The van der Waals surface area contributed by atoms with E-state index in [1.807, 2.05) is 20.8 Å². The predicted octanol–water partition coefficient (Wildman–Crippen LogP) is 3.32. The monoisotopic (exact) mass is 448 g/mol. The molecule has 0 bridgehead atoms. The number of halogens is 1. The lowest BCUT2D eigenvalue weighted by atomic mass is 9.46. The number of ketones is 1. The number of ether oxygens (including phenoxy) is 2. The Morgan fingerprint density at radius 3 is 2.59 bits per heavy atom. The smallest absolute Gasteiger partial charge is 0.351 e. The Kier molecular flexibility index (Phi) is 5.43. The van der Waals surface area contributed by atoms with Crippen LogP contribution in [0.5, 0.6) is 0 Å². The van der Waals surface area contributed by atoms with Gasteiger partial charge in [-0.3, -0.25) is 9.59 Å². The van der Waals surface area contributed by atoms with Gasteiger partial charge in [-0.2, -0.15) is 0 Å². The summed E-state index contributed by atoms with van der Waals surface area (Å²) in [6, 6.07) is 0. The summed E-state index contributed by atoms with van der Waals surface area (Å²) in [7, 11) is 1.27. The van der Waals surface area contributed by atoms with E-state index < -0.39 is 40.6 Å². The molecular formula is C25H33FO6. The van der Waals surface area contributed by atoms with Gasteiger partial charge in [0.05, 0.1) is 13.2 Å². The van der Waals surface area contributed by atoms with Gasteiger partial charge in [0.2, 0.25) is 5.60 Å². The number of carbonyl (C=O) groups excluding carboxylic acids is 3. The molecule has 0 aliphatic heterocycles. The van der Waals surface area contributed by atoms with Crippen LogP contribution in [-0.2, 0) is 23.9 Å². The Hall–Kier alpha value is -2.02. The first-order chi connectivity index (χ1) is 15.0. The van der Waals surface area contributed by atoms with E-state index in [1.54, 1.807) is 13.0 Å². The van der Waals surface area contributed by atoms with Crippen LogP contribution in [0.2, 0.25) is 0 Å². The first kappa shape index (κ1) is 23.1. The Morgan fingerprint density at radius 2 is 1.97 bits per heavy atom. The van der Waals surface area contributed by atoms with Crippen LogP contribution < -0.4 is 0 Å². The summed E-state index contributed by atoms with van der Waals surface area (Å²) in [5, 5.41) is 11.5. The predicted molar refractivity (Wildman–Crippen MR) is 114 cm³/mol. The van der Waals surface area contributed by atoms with Gasteiger partial charge in [0.25, 0.3) is 0 Å². The van der Waals surface area contributed by atoms with Gasteiger partial charge >= 0.3 is 11.9 Å². The number of hydrogen-bond acceptors (Lipinski definition) is 6. The standard InChI is InChI=1S/C25H33FO6/c1-6-20(29)32-25(22(30)31-5)13(2)9-16-15-11-18(26)17-10-14(27)7-8-23(17,3)21(15)19(28)12-24(16,25)4/h7-8,10,13,15-16,18-19,21,28H,6,9,11-12H2,1-5H3/t13-,15+,16+,18+,19+,21-,23+,24+,25+/m1/s1. The molecule has 9 atom stereocenters. The summed E-state index contributed by atoms with van der Waals surface area (Å²) >= 11 is 0. The van der Waals surface area contributed by atoms with Crippen molar-refractivity contribution in [3.63, 3.8) is 0 Å². The normalized spacial score (nSPS) is 47.1. The van der Waals surface area contributed by atoms with Gasteiger partial charge in [-0.15, -0.1) is 0 Å². The SMILES string of the molecule is CCC(=O)O[C@]1(C(=O)OC)[C@H](C)C[C@H]2[C@@H]3C[C@H](F)C4=CC(=O)C=C[C@]4(C)[C@H]3[C@@H](O)C[C@@]21C. The Morgan fingerprint density at radius 1 is 1.28 bits per heavy atom. The van der Waals surface area contributed by atoms with E-state index in [2.05, 4.69) is 0 Å². The molecule has 0 radical (unpaired) electrons. The van der Waals surface area contributed by atoms with Crippen molar-refractivity contribution in [2.24, 2.45) is 34.5 Å². The lowest BCUT2D eigenvalue weighted by Gasteiger charge is -2.60. The molecular weight excluding hydrogens is 415 g/mol. The number of alkyl halides is 1. The van der Waals surface area contributed by atoms with Crippen molar-refractivity contribution in [3.05, 3.63) is 23.8 Å². The first-order valence-electron chi connectivity index (χ1n) is 11.5. The van der Waals surface area contributed by atoms with Crippen LogP contribution in [0.4, 0.5) is 4.39 Å². The fourth-order valence-electron chi connectivity index (χ4n) is 7.75. The highest BCUT2D eigenvalue weighted by Crippen LogP contribution is 2.69. The van der Waals surface area contributed by atoms with Crippen molar-refractivity contribution in [1.29, 1.82) is 0 Å². The molecule has 0 heterocycles. The van der Waals surface area contributed by atoms with E-state index in [-0.39, 0.29) is 48.7 Å². The summed E-state index contributed by atoms with van der Waals surface area (Å²) < 4.78 is 26.5. The molecule has 3 fully saturated rings. The third-order valence-electron chi connectivity index (χ3n) is 9.07. The quantitative estimate of drug-likeness (QED) is 0.666. The first-order valence-corrected chi connectivity index (χ1v) is 11.5. The summed E-state index contributed by atoms with van der Waals surface area (Å²) in [6.07, 6.45) is 3.44. The molecule has 32 heavy (non-hydrogen) atoms. The number of aliphatic hydroxyl groups excluding tert-OH is 1. The highest BCUT2D eigenvalue weighted by molar-refractivity contribution is 6.01. The lowest BCUT2D eigenvalue weighted by Crippen LogP contribution is -2.64. The molecule has 0 amide bonds. The molecule has 4 aliphatic carbocycles. The number of fused-ring (bicyclic) bond motifs is 5. The zero-order valence-corrected chi connectivity index (χ0v) is 19.4. The zero-order valence-electron chi connectivity index (χ0n) is 19.4. The number of allylic oxidation sites excluding steroid dienone is 4. The van der Waals surface area contributed by atoms with Gasteiger partial charge in [-0.25, -0.2) is 9.18 Å². The Balaban J connectivity index is 1.83. The van der Waals surface area contributed by atoms with Crippen LogP contribution in [0.15, 0.2) is 23.8 Å². The van der Waals surface area contributed by atoms with Gasteiger partial charge in [-0.05, 0) is 48.8 Å². The van der Waals surface area contributed by atoms with E-state index >= 15 is 4.39 Å². The molecule has 176 valence electrons. The van der Waals surface area contributed by atoms with Crippen LogP contribution >= 0.6 is 0 Å². The van der Waals surface area contributed by atoms with Gasteiger partial charge in [0.15, 0.2) is 5.78 Å². The van der Waals surface area contributed by atoms with Crippen LogP contribution in [0, 0.1) is 34.5 Å². The maximum Gasteiger partial charge on any atom is 0.351 e. The molecule has 4 aliphatic rings. The molecule has 0 aromatic heterocycles. The molecule has 0 unspecified atom stereocenters. The highest BCUT2D eigenvalue weighted by atomic mass is 19.1. The summed E-state index contributed by atoms with van der Waals surface area (Å²) in [5.74, 6) is -2.41. The van der Waals surface area contributed by atoms with Crippen molar-refractivity contribution >= 4 is 17.7 Å². The van der Waals surface area contributed by atoms with Crippen LogP contribution in [0.1, 0.15) is 53.4 Å². The minimum Gasteiger partial charge on any atom is -0.466 e. The van der Waals surface area contributed by atoms with Crippen molar-refractivity contribution in [2.45, 2.75) is 71.3 Å². The van der Waals surface area contributed by atoms with Gasteiger partial charge in [-0.1, -0.05) is 33.8 Å². The maximum absolute atomic E-state index is 15.5. The van der Waals surface area contributed by atoms with E-state index in [0.29, 0.717) is 12.0 Å². The average molecular weight is 449 g/mol. The van der Waals surface area contributed by atoms with Gasteiger partial charge in [0, 0.05) is 29.1 Å². The van der Waals surface area contributed by atoms with Crippen molar-refractivity contribution in [2.75, 3.05) is 7.11 Å². The van der Waals surface area contributed by atoms with Crippen LogP contribution in [0.25, 0.3) is 0 Å². The third kappa shape index (κ3) is 2.82. The van der Waals surface area contributed by atoms with E-state index in [1.165, 1.54) is 19.3 Å². The molecule has 4 rings (SSSR count). The number of methoxy groups -OCH3 is 1. The molecule has 0 saturated heterocycles. The minimum atomic E-state index is -1.54. The highest BCUT2D eigenvalue weighted by Gasteiger charge is 2.74. The zero-order chi connectivity index (χ0) is 23.6. The molecule has 7 heteroatoms. The van der Waals surface area contributed by atoms with Crippen molar-refractivity contribution in [1.82, 2.24) is 0 Å². The summed E-state index contributed by atoms with van der Waals surface area (Å²) in [6.45, 7) is 7.30. The van der Waals surface area contributed by atoms with E-state index in [4.69, 9.17) is 9.47 Å². The number of carbonyl (C=O) groups is 3. The molecule has 3 saturated carbocycles. The molecule has 0 aromatic carbocycles. The van der Waals surface area contributed by atoms with Crippen molar-refractivity contribution in [3.8, 4) is 0 Å². The van der Waals surface area contributed by atoms with E-state index in [9.17, 15) is 19.5 Å². The van der Waals surface area contributed by atoms with Crippen LogP contribution in [0.3, 0.4) is 0 Å². The number of hydrogen-bond donors (Lipinski definition) is 1. The second-order valence-corrected chi connectivity index (χ2v) is 10.5. The second-order valence-electron chi connectivity index (χ2n) is 10.5. The Labute approximate surface area is 188 Å². The maximum atomic E-state index is 15.5. The number of esters is 2. The fourth-order valence-corrected chi connectivity index (χ4v) is 7.75. The largest absolute Gasteiger partial charge is 0.466 e. The van der Waals surface area contributed by atoms with Crippen molar-refractivity contribution < 1.29 is 33.4 Å². The number of aliphatic hydroxyl groups is 1. The molecule has 0 aromatic rings. The molecule has 0 spiro atoms. The average Bonchev–Trinajstić information content (AvgIpc) is 2.95. The van der Waals surface area contributed by atoms with E-state index in [0.717, 1.165) is 0 Å². The minimum absolute atomic E-state index is 0.110. The Bertz CT molecular complexity index is 910.